The van der Waals surface area contributed by atoms with Gasteiger partial charge in [0.25, 0.3) is 0 Å². The lowest BCUT2D eigenvalue weighted by Gasteiger charge is -2.34. The van der Waals surface area contributed by atoms with Gasteiger partial charge < -0.3 is 20.1 Å². The molecule has 0 aromatic carbocycles. The minimum absolute atomic E-state index is 0. The van der Waals surface area contributed by atoms with E-state index in [0.717, 1.165) is 43.6 Å². The molecule has 1 fully saturated rings. The highest BCUT2D eigenvalue weighted by atomic mass is 127. The standard InChI is InChI=1S/C19H36N6.HI/c1-16(2)15-24-12-7-18(8-13-24)23-19(20-4)22-9-5-6-11-25-14-10-21-17(25)3;/h10,14,16,18H,5-9,11-13,15H2,1-4H3,(H2,20,22,23);1H. The molecule has 1 saturated heterocycles. The highest BCUT2D eigenvalue weighted by molar-refractivity contribution is 14.0. The highest BCUT2D eigenvalue weighted by Crippen LogP contribution is 2.12. The Morgan fingerprint density at radius 1 is 1.31 bits per heavy atom. The first kappa shape index (κ1) is 23.2. The number of hydrogen-bond donors (Lipinski definition) is 2. The second-order valence-electron chi connectivity index (χ2n) is 7.49. The molecule has 150 valence electrons. The summed E-state index contributed by atoms with van der Waals surface area (Å²) in [4.78, 5) is 11.2. The minimum Gasteiger partial charge on any atom is -0.356 e. The number of piperidine rings is 1. The van der Waals surface area contributed by atoms with Crippen LogP contribution in [0.3, 0.4) is 0 Å². The van der Waals surface area contributed by atoms with E-state index in [2.05, 4.69) is 57.0 Å². The predicted octanol–water partition coefficient (Wildman–Crippen LogP) is 2.88. The molecule has 1 aromatic rings. The summed E-state index contributed by atoms with van der Waals surface area (Å²) in [5.74, 6) is 2.79. The maximum Gasteiger partial charge on any atom is 0.191 e. The zero-order chi connectivity index (χ0) is 18.1. The second kappa shape index (κ2) is 12.5. The van der Waals surface area contributed by atoms with Gasteiger partial charge in [0.1, 0.15) is 5.82 Å². The lowest BCUT2D eigenvalue weighted by molar-refractivity contribution is 0.187. The number of aryl methyl sites for hydroxylation is 2. The normalized spacial score (nSPS) is 16.6. The monoisotopic (exact) mass is 476 g/mol. The van der Waals surface area contributed by atoms with Crippen LogP contribution in [0.1, 0.15) is 45.4 Å². The molecule has 2 rings (SSSR count). The van der Waals surface area contributed by atoms with Crippen LogP contribution < -0.4 is 10.6 Å². The van der Waals surface area contributed by atoms with Crippen molar-refractivity contribution in [1.29, 1.82) is 0 Å². The lowest BCUT2D eigenvalue weighted by atomic mass is 10.0. The maximum absolute atomic E-state index is 4.38. The first-order valence-electron chi connectivity index (χ1n) is 9.75. The molecule has 1 aliphatic rings. The number of guanidine groups is 1. The van der Waals surface area contributed by atoms with Crippen molar-refractivity contribution in [3.8, 4) is 0 Å². The number of unbranched alkanes of at least 4 members (excludes halogenated alkanes) is 1. The third kappa shape index (κ3) is 8.24. The second-order valence-corrected chi connectivity index (χ2v) is 7.49. The van der Waals surface area contributed by atoms with E-state index in [1.54, 1.807) is 0 Å². The fourth-order valence-electron chi connectivity index (χ4n) is 3.42. The van der Waals surface area contributed by atoms with Gasteiger partial charge in [-0.1, -0.05) is 13.8 Å². The quantitative estimate of drug-likeness (QED) is 0.262. The van der Waals surface area contributed by atoms with E-state index in [1.807, 2.05) is 13.2 Å². The fourth-order valence-corrected chi connectivity index (χ4v) is 3.42. The Bertz CT molecular complexity index is 520. The van der Waals surface area contributed by atoms with Crippen LogP contribution in [0.2, 0.25) is 0 Å². The van der Waals surface area contributed by atoms with E-state index in [1.165, 1.54) is 32.5 Å². The van der Waals surface area contributed by atoms with Gasteiger partial charge in [-0.05, 0) is 38.5 Å². The average Bonchev–Trinajstić information content (AvgIpc) is 2.99. The Morgan fingerprint density at radius 2 is 2.04 bits per heavy atom. The Balaban J connectivity index is 0.00000338. The summed E-state index contributed by atoms with van der Waals surface area (Å²) in [5, 5.41) is 7.05. The number of aromatic nitrogens is 2. The topological polar surface area (TPSA) is 57.5 Å². The van der Waals surface area contributed by atoms with E-state index in [-0.39, 0.29) is 24.0 Å². The molecule has 2 N–H and O–H groups in total. The maximum atomic E-state index is 4.38. The summed E-state index contributed by atoms with van der Waals surface area (Å²) in [6.07, 6.45) is 8.60. The first-order chi connectivity index (χ1) is 12.1. The molecule has 0 spiro atoms. The van der Waals surface area contributed by atoms with Gasteiger partial charge in [0.05, 0.1) is 0 Å². The SMILES string of the molecule is CN=C(NCCCCn1ccnc1C)NC1CCN(CC(C)C)CC1.I. The highest BCUT2D eigenvalue weighted by Gasteiger charge is 2.20. The summed E-state index contributed by atoms with van der Waals surface area (Å²) >= 11 is 0. The van der Waals surface area contributed by atoms with Gasteiger partial charge in [-0.15, -0.1) is 24.0 Å². The smallest absolute Gasteiger partial charge is 0.191 e. The number of hydrogen-bond acceptors (Lipinski definition) is 3. The number of halogens is 1. The third-order valence-electron chi connectivity index (χ3n) is 4.82. The number of aliphatic imine (C=N–C) groups is 1. The molecule has 0 bridgehead atoms. The summed E-state index contributed by atoms with van der Waals surface area (Å²) in [6, 6.07) is 0.545. The molecule has 1 aromatic heterocycles. The average molecular weight is 476 g/mol. The predicted molar refractivity (Wildman–Crippen MR) is 120 cm³/mol. The Labute approximate surface area is 176 Å². The van der Waals surface area contributed by atoms with Crippen molar-refractivity contribution < 1.29 is 0 Å². The van der Waals surface area contributed by atoms with Crippen molar-refractivity contribution in [1.82, 2.24) is 25.1 Å². The van der Waals surface area contributed by atoms with Crippen LogP contribution in [0.25, 0.3) is 0 Å². The van der Waals surface area contributed by atoms with Crippen LogP contribution in [0.15, 0.2) is 17.4 Å². The van der Waals surface area contributed by atoms with Crippen LogP contribution in [-0.4, -0.2) is 59.7 Å². The van der Waals surface area contributed by atoms with Crippen LogP contribution in [0.5, 0.6) is 0 Å². The van der Waals surface area contributed by atoms with Crippen molar-refractivity contribution in [3.63, 3.8) is 0 Å². The molecular weight excluding hydrogens is 439 g/mol. The van der Waals surface area contributed by atoms with E-state index in [9.17, 15) is 0 Å². The molecule has 0 amide bonds. The van der Waals surface area contributed by atoms with Crippen molar-refractivity contribution >= 4 is 29.9 Å². The number of rotatable bonds is 8. The van der Waals surface area contributed by atoms with E-state index < -0.39 is 0 Å². The Kier molecular flexibility index (Phi) is 11.2. The zero-order valence-electron chi connectivity index (χ0n) is 16.9. The number of likely N-dealkylation sites (tertiary alicyclic amines) is 1. The van der Waals surface area contributed by atoms with Gasteiger partial charge in [0, 0.05) is 58.2 Å². The van der Waals surface area contributed by atoms with Crippen molar-refractivity contribution in [2.75, 3.05) is 33.2 Å². The van der Waals surface area contributed by atoms with Crippen LogP contribution in [0, 0.1) is 12.8 Å². The first-order valence-corrected chi connectivity index (χ1v) is 9.75. The summed E-state index contributed by atoms with van der Waals surface area (Å²) in [7, 11) is 1.86. The molecule has 0 saturated carbocycles. The van der Waals surface area contributed by atoms with E-state index in [4.69, 9.17) is 0 Å². The van der Waals surface area contributed by atoms with Crippen LogP contribution in [-0.2, 0) is 6.54 Å². The fraction of sp³-hybridized carbons (Fsp3) is 0.789. The summed E-state index contributed by atoms with van der Waals surface area (Å²) in [6.45, 7) is 12.2. The molecule has 6 nitrogen and oxygen atoms in total. The van der Waals surface area contributed by atoms with Gasteiger partial charge in [-0.25, -0.2) is 4.98 Å². The molecule has 0 atom stereocenters. The molecular formula is C19H37IN6. The van der Waals surface area contributed by atoms with Crippen molar-refractivity contribution in [3.05, 3.63) is 18.2 Å². The van der Waals surface area contributed by atoms with Crippen molar-refractivity contribution in [2.45, 2.75) is 59.0 Å². The lowest BCUT2D eigenvalue weighted by Crippen LogP contribution is -2.49. The molecule has 2 heterocycles. The number of nitrogens with zero attached hydrogens (tertiary/aromatic N) is 4. The van der Waals surface area contributed by atoms with Gasteiger partial charge in [-0.2, -0.15) is 0 Å². The van der Waals surface area contributed by atoms with Gasteiger partial charge in [-0.3, -0.25) is 4.99 Å². The third-order valence-corrected chi connectivity index (χ3v) is 4.82. The van der Waals surface area contributed by atoms with E-state index in [0.29, 0.717) is 6.04 Å². The number of nitrogens with one attached hydrogen (secondary N) is 2. The molecule has 0 radical (unpaired) electrons. The van der Waals surface area contributed by atoms with Gasteiger partial charge >= 0.3 is 0 Å². The molecule has 0 aliphatic carbocycles. The molecule has 7 heteroatoms. The Hall–Kier alpha value is -0.830. The largest absolute Gasteiger partial charge is 0.356 e. The molecule has 1 aliphatic heterocycles. The van der Waals surface area contributed by atoms with Gasteiger partial charge in [0.15, 0.2) is 5.96 Å². The molecule has 0 unspecified atom stereocenters. The van der Waals surface area contributed by atoms with E-state index >= 15 is 0 Å². The van der Waals surface area contributed by atoms with Crippen LogP contribution in [0.4, 0.5) is 0 Å². The Morgan fingerprint density at radius 3 is 2.62 bits per heavy atom. The minimum atomic E-state index is 0. The van der Waals surface area contributed by atoms with Crippen molar-refractivity contribution in [2.24, 2.45) is 10.9 Å². The zero-order valence-corrected chi connectivity index (χ0v) is 19.2. The molecule has 26 heavy (non-hydrogen) atoms. The summed E-state index contributed by atoms with van der Waals surface area (Å²) < 4.78 is 2.21. The van der Waals surface area contributed by atoms with Crippen LogP contribution >= 0.6 is 24.0 Å². The summed E-state index contributed by atoms with van der Waals surface area (Å²) in [5.41, 5.74) is 0. The number of imidazole rings is 1. The van der Waals surface area contributed by atoms with Gasteiger partial charge in [0.2, 0.25) is 0 Å².